The second-order valence-corrected chi connectivity index (χ2v) is 7.94. The summed E-state index contributed by atoms with van der Waals surface area (Å²) in [7, 11) is 0. The van der Waals surface area contributed by atoms with Crippen molar-refractivity contribution in [1.82, 2.24) is 10.3 Å². The predicted octanol–water partition coefficient (Wildman–Crippen LogP) is 1.49. The van der Waals surface area contributed by atoms with Crippen molar-refractivity contribution in [2.24, 2.45) is 0 Å². The molecule has 0 radical (unpaired) electrons. The monoisotopic (exact) mass is 387 g/mol. The van der Waals surface area contributed by atoms with Gasteiger partial charge in [-0.3, -0.25) is 14.9 Å². The van der Waals surface area contributed by atoms with Crippen molar-refractivity contribution >= 4 is 17.6 Å². The van der Waals surface area contributed by atoms with Crippen molar-refractivity contribution in [1.29, 1.82) is 0 Å². The molecule has 2 amide bonds. The first-order valence-electron chi connectivity index (χ1n) is 10.2. The van der Waals surface area contributed by atoms with E-state index < -0.39 is 0 Å². The fourth-order valence-corrected chi connectivity index (χ4v) is 4.91. The molecule has 2 saturated heterocycles. The second kappa shape index (κ2) is 7.00. The smallest absolute Gasteiger partial charge is 0.249 e. The summed E-state index contributed by atoms with van der Waals surface area (Å²) < 4.78 is 17.7. The van der Waals surface area contributed by atoms with Gasteiger partial charge in [-0.05, 0) is 31.2 Å². The van der Waals surface area contributed by atoms with Crippen molar-refractivity contribution in [2.45, 2.75) is 56.3 Å². The Balaban J connectivity index is 1.39. The Kier molecular flexibility index (Phi) is 4.47. The Morgan fingerprint density at radius 1 is 1.11 bits per heavy atom. The van der Waals surface area contributed by atoms with Crippen LogP contribution >= 0.6 is 0 Å². The maximum atomic E-state index is 12.4. The number of nitrogens with zero attached hydrogens (tertiary/aromatic N) is 2. The second-order valence-electron chi connectivity index (χ2n) is 7.94. The minimum absolute atomic E-state index is 0.205. The summed E-state index contributed by atoms with van der Waals surface area (Å²) in [6, 6.07) is 1.66. The quantitative estimate of drug-likeness (QED) is 0.769. The summed E-state index contributed by atoms with van der Waals surface area (Å²) in [5.74, 6) is 1.02. The van der Waals surface area contributed by atoms with Gasteiger partial charge in [0.1, 0.15) is 12.6 Å². The van der Waals surface area contributed by atoms with Crippen LogP contribution in [-0.2, 0) is 19.1 Å². The van der Waals surface area contributed by atoms with Crippen LogP contribution in [0, 0.1) is 0 Å². The zero-order chi connectivity index (χ0) is 19.1. The highest BCUT2D eigenvalue weighted by molar-refractivity contribution is 6.01. The number of hydrogen-bond acceptors (Lipinski definition) is 7. The molecule has 4 aliphatic rings. The van der Waals surface area contributed by atoms with Gasteiger partial charge in [0.15, 0.2) is 17.4 Å². The molecule has 3 fully saturated rings. The molecule has 1 aliphatic carbocycles. The van der Waals surface area contributed by atoms with E-state index in [0.29, 0.717) is 50.9 Å². The zero-order valence-electron chi connectivity index (χ0n) is 15.8. The fraction of sp³-hybridized carbons (Fsp3) is 0.650. The molecule has 1 atom stereocenters. The van der Waals surface area contributed by atoms with E-state index in [9.17, 15) is 9.59 Å². The van der Waals surface area contributed by atoms with E-state index in [1.165, 1.54) is 0 Å². The van der Waals surface area contributed by atoms with Crippen LogP contribution < -0.4 is 15.0 Å². The number of carbonyl (C=O) groups excluding carboxylic acids is 2. The van der Waals surface area contributed by atoms with Gasteiger partial charge in [0.2, 0.25) is 11.8 Å². The maximum Gasteiger partial charge on any atom is 0.249 e. The SMILES string of the molecule is O=C1CCC(N2CCOc3c(C4CCC5(CC4)OCCO5)ccnc32)C(=O)N1. The van der Waals surface area contributed by atoms with E-state index >= 15 is 0 Å². The number of amides is 2. The first-order valence-corrected chi connectivity index (χ1v) is 10.2. The van der Waals surface area contributed by atoms with Crippen LogP contribution in [0.3, 0.4) is 0 Å². The topological polar surface area (TPSA) is 90.0 Å². The van der Waals surface area contributed by atoms with Gasteiger partial charge in [-0.15, -0.1) is 0 Å². The molecule has 8 heteroatoms. The average Bonchev–Trinajstić information content (AvgIpc) is 3.16. The van der Waals surface area contributed by atoms with E-state index in [-0.39, 0.29) is 23.6 Å². The first-order chi connectivity index (χ1) is 13.7. The molecule has 4 heterocycles. The predicted molar refractivity (Wildman–Crippen MR) is 99.1 cm³/mol. The Morgan fingerprint density at radius 3 is 2.64 bits per heavy atom. The number of pyridine rings is 1. The number of piperidine rings is 1. The van der Waals surface area contributed by atoms with Crippen molar-refractivity contribution in [3.63, 3.8) is 0 Å². The van der Waals surface area contributed by atoms with Crippen molar-refractivity contribution in [3.05, 3.63) is 17.8 Å². The number of aromatic nitrogens is 1. The van der Waals surface area contributed by atoms with E-state index in [4.69, 9.17) is 14.2 Å². The first kappa shape index (κ1) is 17.9. The van der Waals surface area contributed by atoms with Crippen LogP contribution in [0.5, 0.6) is 5.75 Å². The Morgan fingerprint density at radius 2 is 1.89 bits per heavy atom. The summed E-state index contributed by atoms with van der Waals surface area (Å²) in [6.07, 6.45) is 6.37. The number of nitrogens with one attached hydrogen (secondary N) is 1. The van der Waals surface area contributed by atoms with Gasteiger partial charge >= 0.3 is 0 Å². The summed E-state index contributed by atoms with van der Waals surface area (Å²) in [5.41, 5.74) is 1.15. The highest BCUT2D eigenvalue weighted by atomic mass is 16.7. The molecule has 0 aromatic carbocycles. The standard InChI is InChI=1S/C20H25N3O5/c24-16-2-1-15(19(25)22-16)23-9-10-26-17-14(5-8-21-18(17)23)13-3-6-20(7-4-13)27-11-12-28-20/h5,8,13,15H,1-4,6-7,9-12H2,(H,22,24,25). The molecule has 0 bridgehead atoms. The number of hydrogen-bond donors (Lipinski definition) is 1. The summed E-state index contributed by atoms with van der Waals surface area (Å²) >= 11 is 0. The Bertz CT molecular complexity index is 782. The molecule has 150 valence electrons. The molecule has 5 rings (SSSR count). The highest BCUT2D eigenvalue weighted by Crippen LogP contribution is 2.47. The largest absolute Gasteiger partial charge is 0.488 e. The van der Waals surface area contributed by atoms with Crippen LogP contribution in [0.25, 0.3) is 0 Å². The summed E-state index contributed by atoms with van der Waals surface area (Å²) in [5, 5.41) is 2.45. The number of anilines is 1. The van der Waals surface area contributed by atoms with Gasteiger partial charge in [-0.2, -0.15) is 0 Å². The van der Waals surface area contributed by atoms with E-state index in [2.05, 4.69) is 10.3 Å². The van der Waals surface area contributed by atoms with Crippen molar-refractivity contribution in [2.75, 3.05) is 31.3 Å². The van der Waals surface area contributed by atoms with Gasteiger partial charge in [0.05, 0.1) is 19.8 Å². The van der Waals surface area contributed by atoms with Crippen molar-refractivity contribution in [3.8, 4) is 5.75 Å². The molecular weight excluding hydrogens is 362 g/mol. The third kappa shape index (κ3) is 3.04. The van der Waals surface area contributed by atoms with E-state index in [1.807, 2.05) is 11.0 Å². The Hall–Kier alpha value is -2.19. The zero-order valence-corrected chi connectivity index (χ0v) is 15.8. The summed E-state index contributed by atoms with van der Waals surface area (Å²) in [4.78, 5) is 30.4. The molecule has 8 nitrogen and oxygen atoms in total. The molecule has 1 spiro atoms. The molecule has 3 aliphatic heterocycles. The lowest BCUT2D eigenvalue weighted by atomic mass is 9.80. The van der Waals surface area contributed by atoms with Gasteiger partial charge in [-0.1, -0.05) is 0 Å². The number of ether oxygens (including phenoxy) is 3. The van der Waals surface area contributed by atoms with Gasteiger partial charge < -0.3 is 19.1 Å². The number of fused-ring (bicyclic) bond motifs is 1. The highest BCUT2D eigenvalue weighted by Gasteiger charge is 2.42. The van der Waals surface area contributed by atoms with E-state index in [0.717, 1.165) is 37.0 Å². The fourth-order valence-electron chi connectivity index (χ4n) is 4.91. The minimum atomic E-state index is -0.386. The maximum absolute atomic E-state index is 12.4. The molecule has 28 heavy (non-hydrogen) atoms. The minimum Gasteiger partial charge on any atom is -0.488 e. The van der Waals surface area contributed by atoms with Gasteiger partial charge in [-0.25, -0.2) is 4.98 Å². The lowest BCUT2D eigenvalue weighted by Crippen LogP contribution is -2.54. The van der Waals surface area contributed by atoms with Crippen LogP contribution in [-0.4, -0.2) is 55.0 Å². The lowest BCUT2D eigenvalue weighted by molar-refractivity contribution is -0.178. The molecule has 1 saturated carbocycles. The summed E-state index contributed by atoms with van der Waals surface area (Å²) in [6.45, 7) is 2.45. The normalized spacial score (nSPS) is 27.4. The number of carbonyl (C=O) groups is 2. The lowest BCUT2D eigenvalue weighted by Gasteiger charge is -2.39. The number of rotatable bonds is 2. The van der Waals surface area contributed by atoms with Crippen LogP contribution in [0.2, 0.25) is 0 Å². The Labute approximate surface area is 163 Å². The molecule has 1 aromatic rings. The van der Waals surface area contributed by atoms with Crippen LogP contribution in [0.15, 0.2) is 12.3 Å². The molecular formula is C20H25N3O5. The van der Waals surface area contributed by atoms with Crippen molar-refractivity contribution < 1.29 is 23.8 Å². The van der Waals surface area contributed by atoms with E-state index in [1.54, 1.807) is 6.20 Å². The van der Waals surface area contributed by atoms with Gasteiger partial charge in [0, 0.05) is 31.0 Å². The molecule has 1 aromatic heterocycles. The molecule has 1 unspecified atom stereocenters. The average molecular weight is 387 g/mol. The molecule has 1 N–H and O–H groups in total. The number of imide groups is 1. The third-order valence-electron chi connectivity index (χ3n) is 6.35. The third-order valence-corrected chi connectivity index (χ3v) is 6.35. The van der Waals surface area contributed by atoms with Gasteiger partial charge in [0.25, 0.3) is 0 Å². The van der Waals surface area contributed by atoms with Crippen LogP contribution in [0.4, 0.5) is 5.82 Å². The van der Waals surface area contributed by atoms with Crippen LogP contribution in [0.1, 0.15) is 50.0 Å².